The summed E-state index contributed by atoms with van der Waals surface area (Å²) in [4.78, 5) is 46.5. The molecule has 4 N–H and O–H groups in total. The fraction of sp³-hybridized carbons (Fsp3) is 0.520. The summed E-state index contributed by atoms with van der Waals surface area (Å²) in [5.41, 5.74) is 8.30. The summed E-state index contributed by atoms with van der Waals surface area (Å²) in [6.45, 7) is 5.89. The molecular weight excluding hydrogens is 542 g/mol. The molecule has 1 aliphatic heterocycles. The molecule has 15 heteroatoms. The van der Waals surface area contributed by atoms with Gasteiger partial charge in [0.15, 0.2) is 5.03 Å². The van der Waals surface area contributed by atoms with Gasteiger partial charge >= 0.3 is 5.97 Å². The number of fused-ring (bicyclic) bond motifs is 1. The molecule has 3 atom stereocenters. The highest BCUT2D eigenvalue weighted by Crippen LogP contribution is 2.26. The molecule has 2 heterocycles. The van der Waals surface area contributed by atoms with Crippen LogP contribution in [0.4, 0.5) is 0 Å². The van der Waals surface area contributed by atoms with E-state index in [9.17, 15) is 28.1 Å². The Morgan fingerprint density at radius 2 is 2.12 bits per heavy atom. The Hall–Kier alpha value is -3.85. The molecule has 0 bridgehead atoms. The van der Waals surface area contributed by atoms with E-state index < -0.39 is 45.0 Å². The van der Waals surface area contributed by atoms with E-state index in [1.54, 1.807) is 30.7 Å². The summed E-state index contributed by atoms with van der Waals surface area (Å²) in [7, 11) is -4.25. The number of rotatable bonds is 11. The third kappa shape index (κ3) is 7.85. The number of nitrogens with one attached hydrogen (secondary N) is 2. The zero-order chi connectivity index (χ0) is 29.4. The molecule has 2 aromatic rings. The highest BCUT2D eigenvalue weighted by Gasteiger charge is 2.39. The number of sulfonamides is 1. The number of guanidine groups is 1. The highest BCUT2D eigenvalue weighted by atomic mass is 32.2. The second-order valence-electron chi connectivity index (χ2n) is 9.72. The number of aromatic nitrogens is 1. The minimum Gasteiger partial charge on any atom is -0.464 e. The van der Waals surface area contributed by atoms with Crippen LogP contribution < -0.4 is 15.9 Å². The van der Waals surface area contributed by atoms with Gasteiger partial charge in [0, 0.05) is 24.7 Å². The molecule has 0 unspecified atom stereocenters. The van der Waals surface area contributed by atoms with Gasteiger partial charge in [-0.15, -0.1) is 0 Å². The Bertz CT molecular complexity index is 1380. The normalized spacial score (nSPS) is 18.8. The van der Waals surface area contributed by atoms with E-state index in [1.807, 2.05) is 19.9 Å². The Morgan fingerprint density at radius 3 is 2.83 bits per heavy atom. The van der Waals surface area contributed by atoms with E-state index in [0.717, 1.165) is 5.56 Å². The number of nitrogens with zero attached hydrogens (tertiary/aromatic N) is 4. The number of hydrogen-bond donors (Lipinski definition) is 3. The summed E-state index contributed by atoms with van der Waals surface area (Å²) in [5, 5.41) is 10.3. The minimum atomic E-state index is -4.25. The lowest BCUT2D eigenvalue weighted by atomic mass is 9.91. The van der Waals surface area contributed by atoms with Crippen LogP contribution in [0.15, 0.2) is 40.4 Å². The Kier molecular flexibility index (Phi) is 10.3. The molecule has 0 spiro atoms. The standard InChI is InChI=1S/C25H35N7O7S/c1-4-39-24(34)20-14-16(2)10-12-31(20)23(33)19(8-6-11-27-25(26)29-32(35)36)30-40(37,38)21-9-5-7-18-13-17(3)15-28-22(18)21/h5,7,9,13,15-16,19-20,30H,4,6,8,10-12,14H2,1-3H3,(H3,26,27,29)/t16-,19+,20-/m0/s1. The number of aryl methyl sites for hydroxylation is 1. The zero-order valence-electron chi connectivity index (χ0n) is 22.7. The van der Waals surface area contributed by atoms with Gasteiger partial charge in [-0.2, -0.15) is 4.72 Å². The second kappa shape index (κ2) is 13.5. The van der Waals surface area contributed by atoms with E-state index >= 15 is 0 Å². The number of benzene rings is 1. The fourth-order valence-electron chi connectivity index (χ4n) is 4.63. The summed E-state index contributed by atoms with van der Waals surface area (Å²) in [6, 6.07) is 4.46. The number of pyridine rings is 1. The van der Waals surface area contributed by atoms with E-state index in [4.69, 9.17) is 10.5 Å². The number of hydrogen-bond acceptors (Lipinski definition) is 9. The van der Waals surface area contributed by atoms with Crippen LogP contribution in [-0.4, -0.2) is 73.0 Å². The maximum absolute atomic E-state index is 13.8. The number of nitro groups is 1. The number of para-hydroxylation sites is 1. The van der Waals surface area contributed by atoms with Crippen LogP contribution in [0.25, 0.3) is 10.9 Å². The maximum Gasteiger partial charge on any atom is 0.328 e. The number of likely N-dealkylation sites (tertiary alicyclic amines) is 1. The van der Waals surface area contributed by atoms with Gasteiger partial charge in [0.2, 0.25) is 15.9 Å². The predicted molar refractivity (Wildman–Crippen MR) is 147 cm³/mol. The van der Waals surface area contributed by atoms with Crippen LogP contribution in [0, 0.1) is 23.0 Å². The van der Waals surface area contributed by atoms with Crippen molar-refractivity contribution in [3.63, 3.8) is 0 Å². The van der Waals surface area contributed by atoms with Crippen LogP contribution in [0.1, 0.15) is 45.1 Å². The lowest BCUT2D eigenvalue weighted by Gasteiger charge is -2.38. The van der Waals surface area contributed by atoms with Gasteiger partial charge in [-0.3, -0.25) is 9.78 Å². The third-order valence-electron chi connectivity index (χ3n) is 6.54. The topological polar surface area (TPSA) is 199 Å². The first kappa shape index (κ1) is 30.7. The maximum atomic E-state index is 13.8. The van der Waals surface area contributed by atoms with Crippen LogP contribution in [0.5, 0.6) is 0 Å². The van der Waals surface area contributed by atoms with Crippen LogP contribution in [-0.2, 0) is 24.3 Å². The number of aliphatic imine (C=N–C) groups is 1. The molecule has 14 nitrogen and oxygen atoms in total. The van der Waals surface area contributed by atoms with Crippen molar-refractivity contribution in [3.05, 3.63) is 46.1 Å². The summed E-state index contributed by atoms with van der Waals surface area (Å²) < 4.78 is 35.0. The molecule has 0 aliphatic carbocycles. The van der Waals surface area contributed by atoms with Gasteiger partial charge in [-0.05, 0) is 63.1 Å². The molecule has 40 heavy (non-hydrogen) atoms. The largest absolute Gasteiger partial charge is 0.464 e. The van der Waals surface area contributed by atoms with Gasteiger partial charge in [-0.25, -0.2) is 28.3 Å². The van der Waals surface area contributed by atoms with Gasteiger partial charge in [0.05, 0.1) is 12.1 Å². The van der Waals surface area contributed by atoms with Crippen molar-refractivity contribution < 1.29 is 27.8 Å². The number of hydrazine groups is 1. The number of ether oxygens (including phenoxy) is 1. The van der Waals surface area contributed by atoms with Crippen molar-refractivity contribution in [2.24, 2.45) is 16.6 Å². The van der Waals surface area contributed by atoms with E-state index in [-0.39, 0.29) is 48.9 Å². The minimum absolute atomic E-state index is 0.00773. The number of carbonyl (C=O) groups is 2. The first-order chi connectivity index (χ1) is 18.9. The van der Waals surface area contributed by atoms with E-state index in [0.29, 0.717) is 18.2 Å². The highest BCUT2D eigenvalue weighted by molar-refractivity contribution is 7.89. The second-order valence-corrected chi connectivity index (χ2v) is 11.4. The number of carbonyl (C=O) groups excluding carboxylic acids is 2. The number of piperidine rings is 1. The fourth-order valence-corrected chi connectivity index (χ4v) is 6.04. The van der Waals surface area contributed by atoms with Crippen LogP contribution in [0.2, 0.25) is 0 Å². The quantitative estimate of drug-likeness (QED) is 0.0872. The summed E-state index contributed by atoms with van der Waals surface area (Å²) in [6.07, 6.45) is 2.75. The molecule has 1 aliphatic rings. The number of esters is 1. The van der Waals surface area contributed by atoms with Gasteiger partial charge in [-0.1, -0.05) is 24.5 Å². The Balaban J connectivity index is 1.91. The van der Waals surface area contributed by atoms with Crippen molar-refractivity contribution in [1.29, 1.82) is 0 Å². The van der Waals surface area contributed by atoms with Gasteiger partial charge in [0.1, 0.15) is 17.0 Å². The van der Waals surface area contributed by atoms with Gasteiger partial charge in [0.25, 0.3) is 5.96 Å². The number of amides is 1. The van der Waals surface area contributed by atoms with Crippen molar-refractivity contribution in [1.82, 2.24) is 20.0 Å². The third-order valence-corrected chi connectivity index (χ3v) is 8.04. The molecule has 0 radical (unpaired) electrons. The molecule has 1 aromatic carbocycles. The zero-order valence-corrected chi connectivity index (χ0v) is 23.5. The van der Waals surface area contributed by atoms with Crippen LogP contribution >= 0.6 is 0 Å². The summed E-state index contributed by atoms with van der Waals surface area (Å²) in [5.74, 6) is -1.36. The van der Waals surface area contributed by atoms with Crippen molar-refractivity contribution in [3.8, 4) is 0 Å². The van der Waals surface area contributed by atoms with Crippen LogP contribution in [0.3, 0.4) is 0 Å². The Labute approximate surface area is 232 Å². The molecule has 218 valence electrons. The number of nitrogens with two attached hydrogens (primary N) is 1. The van der Waals surface area contributed by atoms with Crippen molar-refractivity contribution in [2.45, 2.75) is 63.4 Å². The lowest BCUT2D eigenvalue weighted by molar-refractivity contribution is -0.525. The predicted octanol–water partition coefficient (Wildman–Crippen LogP) is 1.26. The average Bonchev–Trinajstić information content (AvgIpc) is 2.89. The van der Waals surface area contributed by atoms with Crippen molar-refractivity contribution >= 4 is 38.8 Å². The lowest BCUT2D eigenvalue weighted by Crippen LogP contribution is -2.56. The molecule has 0 saturated carbocycles. The molecule has 1 amide bonds. The SMILES string of the molecule is CCOC(=O)[C@@H]1C[C@@H](C)CCN1C(=O)[C@@H](CCCN=C(N)N[N+](=O)[O-])NS(=O)(=O)c1cccc2cc(C)cnc12. The first-order valence-corrected chi connectivity index (χ1v) is 14.5. The molecule has 3 rings (SSSR count). The van der Waals surface area contributed by atoms with Crippen molar-refractivity contribution in [2.75, 3.05) is 19.7 Å². The molecule has 1 saturated heterocycles. The average molecular weight is 578 g/mol. The molecule has 1 fully saturated rings. The molecular formula is C25H35N7O7S. The smallest absolute Gasteiger partial charge is 0.328 e. The first-order valence-electron chi connectivity index (χ1n) is 13.0. The molecule has 1 aromatic heterocycles. The van der Waals surface area contributed by atoms with E-state index in [1.165, 1.54) is 11.0 Å². The van der Waals surface area contributed by atoms with E-state index in [2.05, 4.69) is 14.7 Å². The Morgan fingerprint density at radius 1 is 1.38 bits per heavy atom. The van der Waals surface area contributed by atoms with Gasteiger partial charge < -0.3 is 15.4 Å². The monoisotopic (exact) mass is 577 g/mol. The summed E-state index contributed by atoms with van der Waals surface area (Å²) >= 11 is 0.